The number of hydrogen-bond donors (Lipinski definition) is 2. The second kappa shape index (κ2) is 5.46. The minimum Gasteiger partial charge on any atom is -0.494 e. The molecule has 0 aromatic heterocycles. The smallest absolute Gasteiger partial charge is 0.123 e. The number of benzene rings is 1. The molecule has 0 saturated carbocycles. The average molecular weight is 210 g/mol. The van der Waals surface area contributed by atoms with E-state index >= 15 is 0 Å². The number of likely N-dealkylation sites (N-methyl/N-ethyl adjacent to an activating group) is 1. The van der Waals surface area contributed by atoms with Crippen molar-refractivity contribution in [1.29, 1.82) is 0 Å². The third-order valence-corrected chi connectivity index (χ3v) is 2.10. The van der Waals surface area contributed by atoms with Crippen LogP contribution >= 0.6 is 0 Å². The Hall–Kier alpha value is -1.42. The van der Waals surface area contributed by atoms with E-state index in [9.17, 15) is 0 Å². The van der Waals surface area contributed by atoms with E-state index in [0.717, 1.165) is 11.4 Å². The molecule has 3 N–H and O–H groups in total. The zero-order valence-corrected chi connectivity index (χ0v) is 9.23. The van der Waals surface area contributed by atoms with Gasteiger partial charge in [0.05, 0.1) is 13.2 Å². The highest BCUT2D eigenvalue weighted by Gasteiger charge is 2.03. The number of aliphatic hydroxyl groups excluding tert-OH is 1. The summed E-state index contributed by atoms with van der Waals surface area (Å²) < 4.78 is 5.39. The van der Waals surface area contributed by atoms with Crippen molar-refractivity contribution in [3.63, 3.8) is 0 Å². The molecular weight excluding hydrogens is 192 g/mol. The molecule has 84 valence electrons. The second-order valence-electron chi connectivity index (χ2n) is 3.34. The molecule has 0 amide bonds. The van der Waals surface area contributed by atoms with Gasteiger partial charge in [-0.1, -0.05) is 0 Å². The standard InChI is InChI=1S/C11H18N2O2/c1-3-15-11-7-9(12)6-10(8-11)13(2)4-5-14/h6-8,14H,3-5,12H2,1-2H3. The molecule has 0 bridgehead atoms. The van der Waals surface area contributed by atoms with Gasteiger partial charge in [0.2, 0.25) is 0 Å². The van der Waals surface area contributed by atoms with Gasteiger partial charge in [0, 0.05) is 37.1 Å². The van der Waals surface area contributed by atoms with Crippen LogP contribution in [0.25, 0.3) is 0 Å². The third-order valence-electron chi connectivity index (χ3n) is 2.10. The van der Waals surface area contributed by atoms with Crippen molar-refractivity contribution >= 4 is 11.4 Å². The maximum absolute atomic E-state index is 8.84. The number of ether oxygens (including phenoxy) is 1. The SMILES string of the molecule is CCOc1cc(N)cc(N(C)CCO)c1. The first-order valence-corrected chi connectivity index (χ1v) is 5.02. The van der Waals surface area contributed by atoms with Crippen LogP contribution < -0.4 is 15.4 Å². The summed E-state index contributed by atoms with van der Waals surface area (Å²) in [4.78, 5) is 1.93. The molecule has 0 aliphatic carbocycles. The monoisotopic (exact) mass is 210 g/mol. The minimum atomic E-state index is 0.120. The molecule has 0 saturated heterocycles. The Balaban J connectivity index is 2.87. The molecule has 0 heterocycles. The Morgan fingerprint density at radius 1 is 1.40 bits per heavy atom. The number of anilines is 2. The van der Waals surface area contributed by atoms with Crippen LogP contribution in [0.15, 0.2) is 18.2 Å². The molecule has 1 aromatic carbocycles. The van der Waals surface area contributed by atoms with Gasteiger partial charge >= 0.3 is 0 Å². The van der Waals surface area contributed by atoms with Crippen LogP contribution in [0.3, 0.4) is 0 Å². The summed E-state index contributed by atoms with van der Waals surface area (Å²) in [6.45, 7) is 3.25. The molecule has 4 heteroatoms. The van der Waals surface area contributed by atoms with Crippen LogP contribution in [0.4, 0.5) is 11.4 Å². The minimum absolute atomic E-state index is 0.120. The van der Waals surface area contributed by atoms with E-state index in [1.165, 1.54) is 0 Å². The van der Waals surface area contributed by atoms with E-state index in [2.05, 4.69) is 0 Å². The van der Waals surface area contributed by atoms with Crippen LogP contribution in [-0.4, -0.2) is 31.9 Å². The van der Waals surface area contributed by atoms with Crippen molar-refractivity contribution in [1.82, 2.24) is 0 Å². The van der Waals surface area contributed by atoms with Crippen molar-refractivity contribution in [3.8, 4) is 5.75 Å². The lowest BCUT2D eigenvalue weighted by Crippen LogP contribution is -2.21. The Morgan fingerprint density at radius 3 is 2.73 bits per heavy atom. The van der Waals surface area contributed by atoms with Crippen molar-refractivity contribution in [2.75, 3.05) is 37.4 Å². The molecule has 0 spiro atoms. The fourth-order valence-electron chi connectivity index (χ4n) is 1.36. The van der Waals surface area contributed by atoms with Gasteiger partial charge in [0.1, 0.15) is 5.75 Å². The molecule has 0 aliphatic heterocycles. The molecule has 1 rings (SSSR count). The highest BCUT2D eigenvalue weighted by molar-refractivity contribution is 5.60. The van der Waals surface area contributed by atoms with E-state index in [4.69, 9.17) is 15.6 Å². The first-order valence-electron chi connectivity index (χ1n) is 5.02. The molecule has 0 aliphatic rings. The Labute approximate surface area is 90.3 Å². The fraction of sp³-hybridized carbons (Fsp3) is 0.455. The first-order chi connectivity index (χ1) is 7.17. The largest absolute Gasteiger partial charge is 0.494 e. The number of aliphatic hydroxyl groups is 1. The van der Waals surface area contributed by atoms with Crippen LogP contribution in [0, 0.1) is 0 Å². The number of nitrogens with two attached hydrogens (primary N) is 1. The van der Waals surface area contributed by atoms with Crippen LogP contribution in [-0.2, 0) is 0 Å². The van der Waals surface area contributed by atoms with Gasteiger partial charge in [-0.25, -0.2) is 0 Å². The highest BCUT2D eigenvalue weighted by atomic mass is 16.5. The summed E-state index contributed by atoms with van der Waals surface area (Å²) in [5.41, 5.74) is 7.37. The fourth-order valence-corrected chi connectivity index (χ4v) is 1.36. The lowest BCUT2D eigenvalue weighted by molar-refractivity contribution is 0.304. The second-order valence-corrected chi connectivity index (χ2v) is 3.34. The van der Waals surface area contributed by atoms with Crippen molar-refractivity contribution < 1.29 is 9.84 Å². The van der Waals surface area contributed by atoms with Gasteiger partial charge in [-0.2, -0.15) is 0 Å². The maximum atomic E-state index is 8.84. The predicted molar refractivity (Wildman–Crippen MR) is 62.4 cm³/mol. The lowest BCUT2D eigenvalue weighted by atomic mass is 10.2. The van der Waals surface area contributed by atoms with Gasteiger partial charge in [-0.05, 0) is 13.0 Å². The number of nitrogens with zero attached hydrogens (tertiary/aromatic N) is 1. The number of rotatable bonds is 5. The van der Waals surface area contributed by atoms with Gasteiger partial charge < -0.3 is 20.5 Å². The summed E-state index contributed by atoms with van der Waals surface area (Å²) in [6, 6.07) is 5.56. The van der Waals surface area contributed by atoms with Crippen LogP contribution in [0.5, 0.6) is 5.75 Å². The topological polar surface area (TPSA) is 58.7 Å². The summed E-state index contributed by atoms with van der Waals surface area (Å²) in [5.74, 6) is 0.761. The number of nitrogen functional groups attached to an aromatic ring is 1. The van der Waals surface area contributed by atoms with E-state index in [0.29, 0.717) is 18.8 Å². The summed E-state index contributed by atoms with van der Waals surface area (Å²) >= 11 is 0. The molecule has 1 aromatic rings. The predicted octanol–water partition coefficient (Wildman–Crippen LogP) is 1.10. The third kappa shape index (κ3) is 3.32. The summed E-state index contributed by atoms with van der Waals surface area (Å²) in [7, 11) is 1.90. The van der Waals surface area contributed by atoms with Crippen LogP contribution in [0.1, 0.15) is 6.92 Å². The van der Waals surface area contributed by atoms with Gasteiger partial charge in [0.25, 0.3) is 0 Å². The molecule has 0 radical (unpaired) electrons. The zero-order chi connectivity index (χ0) is 11.3. The van der Waals surface area contributed by atoms with Crippen molar-refractivity contribution in [2.45, 2.75) is 6.92 Å². The van der Waals surface area contributed by atoms with Gasteiger partial charge in [-0.15, -0.1) is 0 Å². The number of hydrogen-bond acceptors (Lipinski definition) is 4. The Kier molecular flexibility index (Phi) is 4.24. The Morgan fingerprint density at radius 2 is 2.13 bits per heavy atom. The highest BCUT2D eigenvalue weighted by Crippen LogP contribution is 2.24. The molecule has 0 atom stereocenters. The first kappa shape index (κ1) is 11.7. The van der Waals surface area contributed by atoms with E-state index in [1.807, 2.05) is 31.0 Å². The summed E-state index contributed by atoms with van der Waals surface area (Å²) in [5, 5.41) is 8.84. The maximum Gasteiger partial charge on any atom is 0.123 e. The molecule has 0 unspecified atom stereocenters. The van der Waals surface area contributed by atoms with Gasteiger partial charge in [-0.3, -0.25) is 0 Å². The lowest BCUT2D eigenvalue weighted by Gasteiger charge is -2.19. The van der Waals surface area contributed by atoms with E-state index in [-0.39, 0.29) is 6.61 Å². The van der Waals surface area contributed by atoms with Gasteiger partial charge in [0.15, 0.2) is 0 Å². The van der Waals surface area contributed by atoms with Crippen molar-refractivity contribution in [3.05, 3.63) is 18.2 Å². The average Bonchev–Trinajstić information content (AvgIpc) is 2.17. The van der Waals surface area contributed by atoms with E-state index < -0.39 is 0 Å². The Bertz CT molecular complexity index is 315. The zero-order valence-electron chi connectivity index (χ0n) is 9.23. The van der Waals surface area contributed by atoms with E-state index in [1.54, 1.807) is 6.07 Å². The van der Waals surface area contributed by atoms with Crippen LogP contribution in [0.2, 0.25) is 0 Å². The quantitative estimate of drug-likeness (QED) is 0.714. The van der Waals surface area contributed by atoms with Crippen molar-refractivity contribution in [2.24, 2.45) is 0 Å². The molecule has 0 fully saturated rings. The molecule has 4 nitrogen and oxygen atoms in total. The summed E-state index contributed by atoms with van der Waals surface area (Å²) in [6.07, 6.45) is 0. The molecule has 15 heavy (non-hydrogen) atoms. The normalized spacial score (nSPS) is 10.1. The molecular formula is C11H18N2O2.